The van der Waals surface area contributed by atoms with Crippen molar-refractivity contribution in [3.63, 3.8) is 0 Å². The molecule has 1 aromatic heterocycles. The van der Waals surface area contributed by atoms with Gasteiger partial charge in [0.2, 0.25) is 0 Å². The van der Waals surface area contributed by atoms with Crippen molar-refractivity contribution in [2.45, 2.75) is 20.4 Å². The number of hydrogen-bond acceptors (Lipinski definition) is 5. The molecule has 186 valence electrons. The number of para-hydroxylation sites is 1. The number of benzene rings is 3. The number of carbonyl (C=O) groups is 1. The normalized spacial score (nSPS) is 14.6. The number of nitrogens with zero attached hydrogens (tertiary/aromatic N) is 3. The van der Waals surface area contributed by atoms with Gasteiger partial charge in [-0.05, 0) is 55.8 Å². The van der Waals surface area contributed by atoms with Gasteiger partial charge in [-0.2, -0.15) is 5.10 Å². The Morgan fingerprint density at radius 2 is 1.84 bits per heavy atom. The monoisotopic (exact) mass is 529 g/mol. The van der Waals surface area contributed by atoms with E-state index in [2.05, 4.69) is 0 Å². The molecular weight excluding hydrogens is 505 g/mol. The lowest BCUT2D eigenvalue weighted by Crippen LogP contribution is -2.27. The van der Waals surface area contributed by atoms with Gasteiger partial charge in [0, 0.05) is 17.3 Å². The van der Waals surface area contributed by atoms with Crippen LogP contribution in [-0.2, 0) is 11.3 Å². The van der Waals surface area contributed by atoms with Gasteiger partial charge in [0.25, 0.3) is 5.91 Å². The summed E-state index contributed by atoms with van der Waals surface area (Å²) in [5.41, 5.74) is 4.82. The predicted molar refractivity (Wildman–Crippen MR) is 150 cm³/mol. The molecule has 4 aromatic rings. The van der Waals surface area contributed by atoms with Crippen LogP contribution in [0.3, 0.4) is 0 Å². The van der Waals surface area contributed by atoms with E-state index in [4.69, 9.17) is 22.1 Å². The van der Waals surface area contributed by atoms with Gasteiger partial charge in [-0.15, -0.1) is 0 Å². The Hall–Kier alpha value is -3.75. The lowest BCUT2D eigenvalue weighted by molar-refractivity contribution is -0.122. The van der Waals surface area contributed by atoms with E-state index in [1.807, 2.05) is 74.6 Å². The fourth-order valence-corrected chi connectivity index (χ4v) is 5.25. The lowest BCUT2D eigenvalue weighted by atomic mass is 10.1. The number of hydrogen-bond donors (Lipinski definition) is 0. The van der Waals surface area contributed by atoms with E-state index in [0.717, 1.165) is 16.8 Å². The van der Waals surface area contributed by atoms with Gasteiger partial charge in [-0.1, -0.05) is 72.0 Å². The van der Waals surface area contributed by atoms with E-state index < -0.39 is 5.82 Å². The molecule has 5 nitrogen and oxygen atoms in total. The van der Waals surface area contributed by atoms with E-state index in [1.165, 1.54) is 17.8 Å². The second-order valence-corrected chi connectivity index (χ2v) is 10.2. The van der Waals surface area contributed by atoms with Crippen LogP contribution in [0.5, 0.6) is 5.75 Å². The minimum Gasteiger partial charge on any atom is -0.491 e. The zero-order valence-corrected chi connectivity index (χ0v) is 22.0. The molecule has 0 atom stereocenters. The number of thiocarbonyl (C=S) groups is 1. The fourth-order valence-electron chi connectivity index (χ4n) is 4.00. The largest absolute Gasteiger partial charge is 0.491 e. The first-order valence-corrected chi connectivity index (χ1v) is 13.0. The van der Waals surface area contributed by atoms with Crippen molar-refractivity contribution in [1.29, 1.82) is 0 Å². The molecular formula is C29H24FN3O2S2. The number of ether oxygens (including phenoxy) is 1. The smallest absolute Gasteiger partial charge is 0.266 e. The van der Waals surface area contributed by atoms with Gasteiger partial charge in [-0.3, -0.25) is 9.69 Å². The standard InChI is InChI=1S/C29H24FN3O2S2/c1-3-35-25-14-13-21(15-24(25)30)27-22(18-33(31-27)23-7-5-4-6-8-23)16-26-28(34)32(29(36)37-26)17-20-11-9-19(2)10-12-20/h4-16,18H,3,17H2,1-2H3. The first kappa shape index (κ1) is 24.9. The highest BCUT2D eigenvalue weighted by molar-refractivity contribution is 8.26. The molecule has 0 spiro atoms. The zero-order valence-electron chi connectivity index (χ0n) is 20.3. The summed E-state index contributed by atoms with van der Waals surface area (Å²) in [7, 11) is 0. The molecule has 1 aliphatic rings. The van der Waals surface area contributed by atoms with Crippen molar-refractivity contribution in [3.05, 3.63) is 106 Å². The van der Waals surface area contributed by atoms with Gasteiger partial charge in [0.15, 0.2) is 11.6 Å². The van der Waals surface area contributed by atoms with Crippen molar-refractivity contribution in [1.82, 2.24) is 14.7 Å². The third-order valence-corrected chi connectivity index (χ3v) is 7.27. The maximum atomic E-state index is 14.7. The Morgan fingerprint density at radius 1 is 1.08 bits per heavy atom. The van der Waals surface area contributed by atoms with E-state index >= 15 is 0 Å². The van der Waals surface area contributed by atoms with Crippen LogP contribution in [0.1, 0.15) is 23.6 Å². The quantitative estimate of drug-likeness (QED) is 0.195. The number of carbonyl (C=O) groups excluding carboxylic acids is 1. The Labute approximate surface area is 224 Å². The zero-order chi connectivity index (χ0) is 25.9. The lowest BCUT2D eigenvalue weighted by Gasteiger charge is -2.14. The summed E-state index contributed by atoms with van der Waals surface area (Å²) in [6.07, 6.45) is 3.62. The van der Waals surface area contributed by atoms with Crippen LogP contribution in [0.2, 0.25) is 0 Å². The molecule has 0 N–H and O–H groups in total. The molecule has 1 aliphatic heterocycles. The number of rotatable bonds is 7. The van der Waals surface area contributed by atoms with Crippen LogP contribution in [0.4, 0.5) is 4.39 Å². The van der Waals surface area contributed by atoms with Crippen LogP contribution < -0.4 is 4.74 Å². The molecule has 0 saturated carbocycles. The summed E-state index contributed by atoms with van der Waals surface area (Å²) >= 11 is 6.80. The van der Waals surface area contributed by atoms with Gasteiger partial charge in [-0.25, -0.2) is 9.07 Å². The molecule has 5 rings (SSSR count). The number of thioether (sulfide) groups is 1. The highest BCUT2D eigenvalue weighted by Crippen LogP contribution is 2.36. The number of amides is 1. The Bertz CT molecular complexity index is 1500. The van der Waals surface area contributed by atoms with Crippen molar-refractivity contribution in [2.24, 2.45) is 0 Å². The SMILES string of the molecule is CCOc1ccc(-c2nn(-c3ccccc3)cc2C=C2SC(=S)N(Cc3ccc(C)cc3)C2=O)cc1F. The summed E-state index contributed by atoms with van der Waals surface area (Å²) in [5.74, 6) is -0.442. The van der Waals surface area contributed by atoms with Crippen molar-refractivity contribution < 1.29 is 13.9 Å². The Morgan fingerprint density at radius 3 is 2.54 bits per heavy atom. The van der Waals surface area contributed by atoms with Crippen molar-refractivity contribution >= 4 is 40.3 Å². The minimum absolute atomic E-state index is 0.160. The summed E-state index contributed by atoms with van der Waals surface area (Å²) in [5, 5.41) is 4.75. The van der Waals surface area contributed by atoms with Crippen LogP contribution in [0, 0.1) is 12.7 Å². The molecule has 1 amide bonds. The second-order valence-electron chi connectivity index (χ2n) is 8.54. The van der Waals surface area contributed by atoms with E-state index in [9.17, 15) is 9.18 Å². The molecule has 2 heterocycles. The van der Waals surface area contributed by atoms with E-state index in [-0.39, 0.29) is 11.7 Å². The highest BCUT2D eigenvalue weighted by Gasteiger charge is 2.32. The molecule has 37 heavy (non-hydrogen) atoms. The number of aromatic nitrogens is 2. The van der Waals surface area contributed by atoms with E-state index in [0.29, 0.717) is 39.2 Å². The molecule has 8 heteroatoms. The molecule has 1 saturated heterocycles. The number of halogens is 1. The van der Waals surface area contributed by atoms with Gasteiger partial charge in [0.05, 0.1) is 23.7 Å². The van der Waals surface area contributed by atoms with E-state index in [1.54, 1.807) is 27.8 Å². The first-order valence-electron chi connectivity index (χ1n) is 11.8. The van der Waals surface area contributed by atoms with Gasteiger partial charge < -0.3 is 4.74 Å². The maximum Gasteiger partial charge on any atom is 0.266 e. The van der Waals surface area contributed by atoms with Crippen molar-refractivity contribution in [3.8, 4) is 22.7 Å². The molecule has 3 aromatic carbocycles. The van der Waals surface area contributed by atoms with Crippen LogP contribution in [0.15, 0.2) is 83.9 Å². The van der Waals surface area contributed by atoms with Crippen LogP contribution in [-0.4, -0.2) is 31.5 Å². The molecule has 0 radical (unpaired) electrons. The van der Waals surface area contributed by atoms with Crippen LogP contribution in [0.25, 0.3) is 23.0 Å². The summed E-state index contributed by atoms with van der Waals surface area (Å²) in [4.78, 5) is 15.4. The van der Waals surface area contributed by atoms with Gasteiger partial charge in [0.1, 0.15) is 10.0 Å². The van der Waals surface area contributed by atoms with Gasteiger partial charge >= 0.3 is 0 Å². The maximum absolute atomic E-state index is 14.7. The third kappa shape index (κ3) is 5.35. The van der Waals surface area contributed by atoms with Crippen molar-refractivity contribution in [2.75, 3.05) is 6.61 Å². The Kier molecular flexibility index (Phi) is 7.21. The second kappa shape index (κ2) is 10.7. The molecule has 0 unspecified atom stereocenters. The first-order chi connectivity index (χ1) is 17.9. The van der Waals surface area contributed by atoms with Crippen LogP contribution >= 0.6 is 24.0 Å². The third-order valence-electron chi connectivity index (χ3n) is 5.89. The fraction of sp³-hybridized carbons (Fsp3) is 0.138. The summed E-state index contributed by atoms with van der Waals surface area (Å²) in [6.45, 7) is 4.61. The predicted octanol–water partition coefficient (Wildman–Crippen LogP) is 6.79. The minimum atomic E-state index is -0.469. The number of aryl methyl sites for hydroxylation is 1. The summed E-state index contributed by atoms with van der Waals surface area (Å²) < 4.78 is 22.3. The summed E-state index contributed by atoms with van der Waals surface area (Å²) in [6, 6.07) is 22.4. The average Bonchev–Trinajstić information content (AvgIpc) is 3.43. The molecule has 1 fully saturated rings. The molecule has 0 bridgehead atoms. The highest BCUT2D eigenvalue weighted by atomic mass is 32.2. The Balaban J connectivity index is 1.52. The molecule has 0 aliphatic carbocycles. The average molecular weight is 530 g/mol. The topological polar surface area (TPSA) is 47.4 Å².